The number of carbonyl (C=O) groups excluding carboxylic acids is 1. The Balaban J connectivity index is 1.35. The first kappa shape index (κ1) is 18.3. The lowest BCUT2D eigenvalue weighted by Crippen LogP contribution is -2.41. The molecule has 1 aliphatic rings. The third-order valence-corrected chi connectivity index (χ3v) is 5.51. The van der Waals surface area contributed by atoms with Gasteiger partial charge < -0.3 is 19.5 Å². The Morgan fingerprint density at radius 1 is 1.18 bits per heavy atom. The van der Waals surface area contributed by atoms with Gasteiger partial charge in [-0.3, -0.25) is 0 Å². The molecule has 6 nitrogen and oxygen atoms in total. The lowest BCUT2D eigenvalue weighted by molar-refractivity contribution is 0.177. The maximum atomic E-state index is 12.6. The molecular weight excluding hydrogens is 352 g/mol. The highest BCUT2D eigenvalue weighted by Crippen LogP contribution is 2.24. The van der Waals surface area contributed by atoms with E-state index in [1.807, 2.05) is 35.2 Å². The second-order valence-corrected chi connectivity index (χ2v) is 7.35. The molecule has 6 heteroatoms. The molecule has 2 amide bonds. The number of aromatic nitrogens is 2. The second kappa shape index (κ2) is 7.92. The quantitative estimate of drug-likeness (QED) is 0.736. The van der Waals surface area contributed by atoms with Gasteiger partial charge in [-0.2, -0.15) is 0 Å². The number of rotatable bonds is 4. The van der Waals surface area contributed by atoms with Crippen LogP contribution in [0, 0.1) is 12.8 Å². The molecule has 3 aromatic rings. The summed E-state index contributed by atoms with van der Waals surface area (Å²) in [6, 6.07) is 15.7. The topological polar surface area (TPSA) is 59.4 Å². The number of hydrogen-bond donors (Lipinski definition) is 1. The number of hydrogen-bond acceptors (Lipinski definition) is 3. The van der Waals surface area contributed by atoms with E-state index in [2.05, 4.69) is 40.0 Å². The minimum absolute atomic E-state index is 0.0454. The molecule has 1 fully saturated rings. The van der Waals surface area contributed by atoms with Crippen LogP contribution in [0.2, 0.25) is 0 Å². The van der Waals surface area contributed by atoms with Crippen molar-refractivity contribution in [2.45, 2.75) is 26.3 Å². The van der Waals surface area contributed by atoms with Gasteiger partial charge in [0.2, 0.25) is 0 Å². The zero-order chi connectivity index (χ0) is 19.5. The van der Waals surface area contributed by atoms with Gasteiger partial charge in [0, 0.05) is 31.4 Å². The highest BCUT2D eigenvalue weighted by Gasteiger charge is 2.24. The zero-order valence-electron chi connectivity index (χ0n) is 16.4. The van der Waals surface area contributed by atoms with Gasteiger partial charge in [0.1, 0.15) is 11.6 Å². The van der Waals surface area contributed by atoms with Gasteiger partial charge in [0.15, 0.2) is 0 Å². The van der Waals surface area contributed by atoms with Crippen molar-refractivity contribution in [2.24, 2.45) is 5.92 Å². The normalized spacial score (nSPS) is 15.0. The average Bonchev–Trinajstić information content (AvgIpc) is 3.04. The van der Waals surface area contributed by atoms with Crippen molar-refractivity contribution >= 4 is 22.8 Å². The van der Waals surface area contributed by atoms with E-state index in [1.165, 1.54) is 5.52 Å². The standard InChI is InChI=1S/C22H26N4O2/c1-16-23-20-8-3-4-9-21(20)26(16)15-17-10-12-25(13-11-17)22(27)24-18-6-5-7-19(14-18)28-2/h3-9,14,17H,10-13,15H2,1-2H3,(H,24,27). The summed E-state index contributed by atoms with van der Waals surface area (Å²) < 4.78 is 7.53. The number of carbonyl (C=O) groups is 1. The van der Waals surface area contributed by atoms with Gasteiger partial charge in [0.05, 0.1) is 18.1 Å². The summed E-state index contributed by atoms with van der Waals surface area (Å²) in [5, 5.41) is 2.97. The largest absolute Gasteiger partial charge is 0.497 e. The molecular formula is C22H26N4O2. The number of fused-ring (bicyclic) bond motifs is 1. The molecule has 4 rings (SSSR count). The van der Waals surface area contributed by atoms with Gasteiger partial charge >= 0.3 is 6.03 Å². The number of methoxy groups -OCH3 is 1. The first-order chi connectivity index (χ1) is 13.6. The summed E-state index contributed by atoms with van der Waals surface area (Å²) in [5.74, 6) is 2.34. The van der Waals surface area contributed by atoms with Gasteiger partial charge in [-0.05, 0) is 49.9 Å². The van der Waals surface area contributed by atoms with Crippen LogP contribution in [0.1, 0.15) is 18.7 Å². The van der Waals surface area contributed by atoms with E-state index in [9.17, 15) is 4.79 Å². The Hall–Kier alpha value is -3.02. The summed E-state index contributed by atoms with van der Waals surface area (Å²) in [4.78, 5) is 19.1. The number of nitrogens with zero attached hydrogens (tertiary/aromatic N) is 3. The number of ether oxygens (including phenoxy) is 1. The molecule has 0 unspecified atom stereocenters. The maximum absolute atomic E-state index is 12.6. The van der Waals surface area contributed by atoms with E-state index in [-0.39, 0.29) is 6.03 Å². The van der Waals surface area contributed by atoms with Crippen LogP contribution in [0.15, 0.2) is 48.5 Å². The number of nitrogens with one attached hydrogen (secondary N) is 1. The van der Waals surface area contributed by atoms with Gasteiger partial charge in [-0.15, -0.1) is 0 Å². The summed E-state index contributed by atoms with van der Waals surface area (Å²) >= 11 is 0. The number of para-hydroxylation sites is 2. The van der Waals surface area contributed by atoms with Crippen LogP contribution < -0.4 is 10.1 Å². The number of piperidine rings is 1. The van der Waals surface area contributed by atoms with Crippen molar-refractivity contribution in [3.05, 3.63) is 54.4 Å². The molecule has 28 heavy (non-hydrogen) atoms. The van der Waals surface area contributed by atoms with Crippen LogP contribution in [-0.2, 0) is 6.54 Å². The van der Waals surface area contributed by atoms with Gasteiger partial charge in [-0.25, -0.2) is 9.78 Å². The number of anilines is 1. The minimum Gasteiger partial charge on any atom is -0.497 e. The molecule has 2 heterocycles. The SMILES string of the molecule is COc1cccc(NC(=O)N2CCC(Cn3c(C)nc4ccccc43)CC2)c1. The molecule has 0 atom stereocenters. The van der Waals surface area contributed by atoms with E-state index in [0.29, 0.717) is 5.92 Å². The third kappa shape index (κ3) is 3.81. The maximum Gasteiger partial charge on any atom is 0.321 e. The molecule has 1 saturated heterocycles. The Bertz CT molecular complexity index is 974. The molecule has 0 radical (unpaired) electrons. The molecule has 1 aromatic heterocycles. The lowest BCUT2D eigenvalue weighted by atomic mass is 9.97. The predicted octanol–water partition coefficient (Wildman–Crippen LogP) is 4.30. The van der Waals surface area contributed by atoms with Crippen LogP contribution >= 0.6 is 0 Å². The van der Waals surface area contributed by atoms with E-state index >= 15 is 0 Å². The molecule has 1 N–H and O–H groups in total. The average molecular weight is 378 g/mol. The smallest absolute Gasteiger partial charge is 0.321 e. The van der Waals surface area contributed by atoms with Crippen LogP contribution in [0.4, 0.5) is 10.5 Å². The molecule has 1 aliphatic heterocycles. The fraction of sp³-hybridized carbons (Fsp3) is 0.364. The van der Waals surface area contributed by atoms with Crippen molar-refractivity contribution in [3.63, 3.8) is 0 Å². The van der Waals surface area contributed by atoms with Crippen molar-refractivity contribution in [1.29, 1.82) is 0 Å². The lowest BCUT2D eigenvalue weighted by Gasteiger charge is -2.32. The Kier molecular flexibility index (Phi) is 5.19. The highest BCUT2D eigenvalue weighted by atomic mass is 16.5. The zero-order valence-corrected chi connectivity index (χ0v) is 16.4. The van der Waals surface area contributed by atoms with Crippen LogP contribution in [0.3, 0.4) is 0 Å². The van der Waals surface area contributed by atoms with Gasteiger partial charge in [0.25, 0.3) is 0 Å². The fourth-order valence-electron chi connectivity index (χ4n) is 3.91. The number of urea groups is 1. The first-order valence-electron chi connectivity index (χ1n) is 9.76. The molecule has 0 aliphatic carbocycles. The van der Waals surface area contributed by atoms with Crippen molar-refractivity contribution < 1.29 is 9.53 Å². The van der Waals surface area contributed by atoms with Crippen molar-refractivity contribution in [2.75, 3.05) is 25.5 Å². The molecule has 0 saturated carbocycles. The van der Waals surface area contributed by atoms with E-state index in [4.69, 9.17) is 4.74 Å². The number of aryl methyl sites for hydroxylation is 1. The Morgan fingerprint density at radius 3 is 2.75 bits per heavy atom. The van der Waals surface area contributed by atoms with E-state index in [0.717, 1.165) is 55.3 Å². The minimum atomic E-state index is -0.0454. The molecule has 0 bridgehead atoms. The second-order valence-electron chi connectivity index (χ2n) is 7.35. The summed E-state index contributed by atoms with van der Waals surface area (Å²) in [6.07, 6.45) is 1.99. The van der Waals surface area contributed by atoms with Crippen LogP contribution in [0.5, 0.6) is 5.75 Å². The Labute approximate surface area is 165 Å². The van der Waals surface area contributed by atoms with Crippen molar-refractivity contribution in [1.82, 2.24) is 14.5 Å². The molecule has 0 spiro atoms. The van der Waals surface area contributed by atoms with Gasteiger partial charge in [-0.1, -0.05) is 18.2 Å². The van der Waals surface area contributed by atoms with E-state index < -0.39 is 0 Å². The summed E-state index contributed by atoms with van der Waals surface area (Å²) in [6.45, 7) is 4.56. The third-order valence-electron chi connectivity index (χ3n) is 5.51. The highest BCUT2D eigenvalue weighted by molar-refractivity contribution is 5.89. The Morgan fingerprint density at radius 2 is 1.96 bits per heavy atom. The first-order valence-corrected chi connectivity index (χ1v) is 9.76. The monoisotopic (exact) mass is 378 g/mol. The number of likely N-dealkylation sites (tertiary alicyclic amines) is 1. The van der Waals surface area contributed by atoms with Crippen LogP contribution in [0.25, 0.3) is 11.0 Å². The van der Waals surface area contributed by atoms with E-state index in [1.54, 1.807) is 7.11 Å². The summed E-state index contributed by atoms with van der Waals surface area (Å²) in [7, 11) is 1.62. The summed E-state index contributed by atoms with van der Waals surface area (Å²) in [5.41, 5.74) is 3.00. The number of amides is 2. The number of benzene rings is 2. The predicted molar refractivity (Wildman–Crippen MR) is 111 cm³/mol. The van der Waals surface area contributed by atoms with Crippen molar-refractivity contribution in [3.8, 4) is 5.75 Å². The molecule has 2 aromatic carbocycles. The van der Waals surface area contributed by atoms with Crippen LogP contribution in [-0.4, -0.2) is 40.7 Å². The fourth-order valence-corrected chi connectivity index (χ4v) is 3.91. The molecule has 146 valence electrons. The number of imidazole rings is 1.